The number of amides is 2. The fourth-order valence-corrected chi connectivity index (χ4v) is 4.07. The highest BCUT2D eigenvalue weighted by molar-refractivity contribution is 6.08. The van der Waals surface area contributed by atoms with Gasteiger partial charge in [0, 0.05) is 24.3 Å². The third-order valence-corrected chi connectivity index (χ3v) is 5.65. The average molecular weight is 450 g/mol. The number of nitrogens with zero attached hydrogens (tertiary/aromatic N) is 3. The summed E-state index contributed by atoms with van der Waals surface area (Å²) < 4.78 is 11.4. The summed E-state index contributed by atoms with van der Waals surface area (Å²) in [6, 6.07) is 14.1. The number of ether oxygens (including phenoxy) is 2. The largest absolute Gasteiger partial charge is 0.483 e. The third-order valence-electron chi connectivity index (χ3n) is 5.65. The normalized spacial score (nSPS) is 17.7. The zero-order chi connectivity index (χ0) is 23.2. The van der Waals surface area contributed by atoms with Gasteiger partial charge in [0.25, 0.3) is 5.91 Å². The molecule has 0 bridgehead atoms. The molecule has 2 aromatic carbocycles. The molecule has 3 aliphatic rings. The summed E-state index contributed by atoms with van der Waals surface area (Å²) in [6.45, 7) is 7.17. The molecular formula is C24H27N5O4. The van der Waals surface area contributed by atoms with Crippen LogP contribution in [0, 0.1) is 0 Å². The Morgan fingerprint density at radius 1 is 1.21 bits per heavy atom. The molecule has 3 heterocycles. The lowest BCUT2D eigenvalue weighted by Gasteiger charge is -2.41. The van der Waals surface area contributed by atoms with Gasteiger partial charge in [-0.3, -0.25) is 4.79 Å². The monoisotopic (exact) mass is 449 g/mol. The van der Waals surface area contributed by atoms with Gasteiger partial charge in [-0.2, -0.15) is 5.10 Å². The van der Waals surface area contributed by atoms with Crippen molar-refractivity contribution in [2.75, 3.05) is 36.5 Å². The average Bonchev–Trinajstić information content (AvgIpc) is 2.74. The second kappa shape index (κ2) is 7.99. The molecule has 9 heteroatoms. The minimum Gasteiger partial charge on any atom is -0.483 e. The molecule has 172 valence electrons. The van der Waals surface area contributed by atoms with Gasteiger partial charge in [-0.1, -0.05) is 30.3 Å². The second-order valence-electron chi connectivity index (χ2n) is 9.40. The summed E-state index contributed by atoms with van der Waals surface area (Å²) >= 11 is 0. The first kappa shape index (κ1) is 21.1. The van der Waals surface area contributed by atoms with E-state index in [0.717, 1.165) is 22.5 Å². The molecule has 33 heavy (non-hydrogen) atoms. The van der Waals surface area contributed by atoms with E-state index in [0.29, 0.717) is 31.3 Å². The van der Waals surface area contributed by atoms with Crippen molar-refractivity contribution >= 4 is 29.2 Å². The van der Waals surface area contributed by atoms with E-state index in [2.05, 4.69) is 15.8 Å². The highest BCUT2D eigenvalue weighted by Gasteiger charge is 2.35. The van der Waals surface area contributed by atoms with Crippen LogP contribution in [0.15, 0.2) is 47.6 Å². The van der Waals surface area contributed by atoms with E-state index in [1.165, 1.54) is 0 Å². The molecule has 2 amide bonds. The molecule has 0 unspecified atom stereocenters. The number of fused-ring (bicyclic) bond motifs is 3. The Morgan fingerprint density at radius 2 is 1.97 bits per heavy atom. The molecule has 2 aromatic rings. The summed E-state index contributed by atoms with van der Waals surface area (Å²) in [5, 5.41) is 7.71. The van der Waals surface area contributed by atoms with Gasteiger partial charge in [0.05, 0.1) is 11.7 Å². The lowest BCUT2D eigenvalue weighted by Crippen LogP contribution is -2.58. The van der Waals surface area contributed by atoms with E-state index >= 15 is 0 Å². The van der Waals surface area contributed by atoms with Crippen molar-refractivity contribution in [2.45, 2.75) is 32.4 Å². The SMILES string of the molecule is CC(C)(C)OC(=O)N1CC(Nc2cc3c(cc2-c2ccccc2)OCC2=NNC(=O)CN23)C1. The number of rotatable bonds is 3. The summed E-state index contributed by atoms with van der Waals surface area (Å²) in [6.07, 6.45) is -0.303. The highest BCUT2D eigenvalue weighted by Crippen LogP contribution is 2.42. The van der Waals surface area contributed by atoms with Gasteiger partial charge in [0.1, 0.15) is 24.5 Å². The van der Waals surface area contributed by atoms with Gasteiger partial charge in [-0.25, -0.2) is 10.2 Å². The van der Waals surface area contributed by atoms with Gasteiger partial charge in [-0.05, 0) is 38.5 Å². The van der Waals surface area contributed by atoms with Crippen LogP contribution < -0.4 is 20.4 Å². The predicted octanol–water partition coefficient (Wildman–Crippen LogP) is 3.03. The molecule has 0 saturated carbocycles. The maximum atomic E-state index is 12.3. The van der Waals surface area contributed by atoms with Crippen LogP contribution in [0.3, 0.4) is 0 Å². The molecule has 9 nitrogen and oxygen atoms in total. The van der Waals surface area contributed by atoms with E-state index in [1.54, 1.807) is 4.90 Å². The fraction of sp³-hybridized carbons (Fsp3) is 0.375. The molecule has 0 aliphatic carbocycles. The molecule has 0 aromatic heterocycles. The van der Waals surface area contributed by atoms with Crippen molar-refractivity contribution in [1.82, 2.24) is 10.3 Å². The lowest BCUT2D eigenvalue weighted by molar-refractivity contribution is -0.119. The topological polar surface area (TPSA) is 95.5 Å². The van der Waals surface area contributed by atoms with Crippen LogP contribution in [0.2, 0.25) is 0 Å². The van der Waals surface area contributed by atoms with Gasteiger partial charge < -0.3 is 24.6 Å². The van der Waals surface area contributed by atoms with Crippen LogP contribution in [-0.4, -0.2) is 60.6 Å². The summed E-state index contributed by atoms with van der Waals surface area (Å²) in [4.78, 5) is 27.8. The lowest BCUT2D eigenvalue weighted by atomic mass is 9.99. The van der Waals surface area contributed by atoms with E-state index in [-0.39, 0.29) is 24.6 Å². The van der Waals surface area contributed by atoms with Gasteiger partial charge >= 0.3 is 6.09 Å². The molecule has 0 spiro atoms. The van der Waals surface area contributed by atoms with Gasteiger partial charge in [0.2, 0.25) is 0 Å². The van der Waals surface area contributed by atoms with E-state index in [9.17, 15) is 9.59 Å². The van der Waals surface area contributed by atoms with E-state index < -0.39 is 5.60 Å². The van der Waals surface area contributed by atoms with Crippen LogP contribution in [0.25, 0.3) is 11.1 Å². The molecule has 1 fully saturated rings. The quantitative estimate of drug-likeness (QED) is 0.748. The number of carbonyl (C=O) groups is 2. The Labute approximate surface area is 192 Å². The van der Waals surface area contributed by atoms with Crippen molar-refractivity contribution in [3.05, 3.63) is 42.5 Å². The smallest absolute Gasteiger partial charge is 0.410 e. The third kappa shape index (κ3) is 4.30. The minimum absolute atomic E-state index is 0.0836. The molecule has 5 rings (SSSR count). The number of anilines is 2. The number of nitrogens with one attached hydrogen (secondary N) is 2. The summed E-state index contributed by atoms with van der Waals surface area (Å²) in [5.41, 5.74) is 5.73. The summed E-state index contributed by atoms with van der Waals surface area (Å²) in [7, 11) is 0. The Bertz CT molecular complexity index is 1120. The van der Waals surface area contributed by atoms with Crippen molar-refractivity contribution in [3.63, 3.8) is 0 Å². The summed E-state index contributed by atoms with van der Waals surface area (Å²) in [5.74, 6) is 1.21. The Kier molecular flexibility index (Phi) is 5.11. The van der Waals surface area contributed by atoms with Crippen LogP contribution in [0.4, 0.5) is 16.2 Å². The first-order chi connectivity index (χ1) is 15.8. The molecule has 0 radical (unpaired) electrons. The van der Waals surface area contributed by atoms with Crippen molar-refractivity contribution in [3.8, 4) is 16.9 Å². The van der Waals surface area contributed by atoms with Gasteiger partial charge in [0.15, 0.2) is 5.84 Å². The Morgan fingerprint density at radius 3 is 2.70 bits per heavy atom. The minimum atomic E-state index is -0.519. The second-order valence-corrected chi connectivity index (χ2v) is 9.40. The highest BCUT2D eigenvalue weighted by atomic mass is 16.6. The number of hydrogen-bond acceptors (Lipinski definition) is 7. The van der Waals surface area contributed by atoms with Gasteiger partial charge in [-0.15, -0.1) is 0 Å². The molecule has 2 N–H and O–H groups in total. The molecular weight excluding hydrogens is 422 g/mol. The number of hydrazone groups is 1. The fourth-order valence-electron chi connectivity index (χ4n) is 4.07. The standard InChI is InChI=1S/C24H27N5O4/c1-24(2,3)33-23(31)28-11-16(12-28)25-18-10-19-20(9-17(18)15-7-5-4-6-8-15)32-14-21-26-27-22(30)13-29(19)21/h4-10,16,25H,11-14H2,1-3H3,(H,27,30). The van der Waals surface area contributed by atoms with Crippen molar-refractivity contribution in [2.24, 2.45) is 5.10 Å². The van der Waals surface area contributed by atoms with Crippen molar-refractivity contribution < 1.29 is 19.1 Å². The molecule has 3 aliphatic heterocycles. The zero-order valence-corrected chi connectivity index (χ0v) is 18.9. The number of benzene rings is 2. The zero-order valence-electron chi connectivity index (χ0n) is 18.9. The van der Waals surface area contributed by atoms with Crippen LogP contribution in [0.5, 0.6) is 5.75 Å². The van der Waals surface area contributed by atoms with Crippen LogP contribution >= 0.6 is 0 Å². The first-order valence-electron chi connectivity index (χ1n) is 11.0. The van der Waals surface area contributed by atoms with Crippen molar-refractivity contribution in [1.29, 1.82) is 0 Å². The Hall–Kier alpha value is -3.75. The van der Waals surface area contributed by atoms with E-state index in [4.69, 9.17) is 9.47 Å². The predicted molar refractivity (Wildman–Crippen MR) is 126 cm³/mol. The number of hydrogen-bond donors (Lipinski definition) is 2. The maximum Gasteiger partial charge on any atom is 0.410 e. The number of carbonyl (C=O) groups excluding carboxylic acids is 2. The Balaban J connectivity index is 1.42. The maximum absolute atomic E-state index is 12.3. The molecule has 1 saturated heterocycles. The van der Waals surface area contributed by atoms with Crippen LogP contribution in [0.1, 0.15) is 20.8 Å². The first-order valence-corrected chi connectivity index (χ1v) is 11.0. The van der Waals surface area contributed by atoms with E-state index in [1.807, 2.05) is 68.1 Å². The molecule has 0 atom stereocenters. The number of amidine groups is 1. The number of likely N-dealkylation sites (tertiary alicyclic amines) is 1. The van der Waals surface area contributed by atoms with Crippen LogP contribution in [-0.2, 0) is 9.53 Å².